The number of carboxylic acids is 1. The predicted octanol–water partition coefficient (Wildman–Crippen LogP) is 0.895. The first kappa shape index (κ1) is 14.2. The fourth-order valence-corrected chi connectivity index (χ4v) is 1.02. The molecule has 0 spiro atoms. The molecule has 0 unspecified atom stereocenters. The van der Waals surface area contributed by atoms with Crippen LogP contribution >= 0.6 is 12.4 Å². The lowest BCUT2D eigenvalue weighted by atomic mass is 10.2. The molecular weight excluding hydrogens is 232 g/mol. The van der Waals surface area contributed by atoms with Gasteiger partial charge in [0.2, 0.25) is 0 Å². The molecule has 0 heterocycles. The van der Waals surface area contributed by atoms with Gasteiger partial charge in [-0.15, -0.1) is 12.4 Å². The Labute approximate surface area is 99.1 Å². The summed E-state index contributed by atoms with van der Waals surface area (Å²) >= 11 is 0. The quantitative estimate of drug-likeness (QED) is 0.686. The fourth-order valence-electron chi connectivity index (χ4n) is 1.02. The van der Waals surface area contributed by atoms with Crippen LogP contribution < -0.4 is 11.1 Å². The van der Waals surface area contributed by atoms with Gasteiger partial charge in [0.05, 0.1) is 6.42 Å². The van der Waals surface area contributed by atoms with E-state index in [-0.39, 0.29) is 31.3 Å². The molecule has 1 aromatic rings. The second-order valence-corrected chi connectivity index (χ2v) is 3.02. The first-order chi connectivity index (χ1) is 7.09. The summed E-state index contributed by atoms with van der Waals surface area (Å²) in [6.07, 6.45) is -0.0826. The van der Waals surface area contributed by atoms with E-state index < -0.39 is 5.97 Å². The van der Waals surface area contributed by atoms with Crippen molar-refractivity contribution in [3.8, 4) is 0 Å². The minimum absolute atomic E-state index is 0. The molecule has 1 rings (SSSR count). The third kappa shape index (κ3) is 4.65. The maximum atomic E-state index is 11.4. The number of carbonyl (C=O) groups is 2. The summed E-state index contributed by atoms with van der Waals surface area (Å²) in [5.41, 5.74) is 6.51. The van der Waals surface area contributed by atoms with Crippen LogP contribution in [-0.2, 0) is 4.79 Å². The first-order valence-corrected chi connectivity index (χ1v) is 4.45. The Morgan fingerprint density at radius 3 is 2.31 bits per heavy atom. The fraction of sp³-hybridized carbons (Fsp3) is 0.200. The molecular formula is C10H13ClN2O3. The van der Waals surface area contributed by atoms with Gasteiger partial charge in [-0.1, -0.05) is 0 Å². The van der Waals surface area contributed by atoms with E-state index >= 15 is 0 Å². The summed E-state index contributed by atoms with van der Waals surface area (Å²) in [5.74, 6) is -1.23. The van der Waals surface area contributed by atoms with Crippen molar-refractivity contribution in [2.75, 3.05) is 12.3 Å². The zero-order valence-corrected chi connectivity index (χ0v) is 9.29. The summed E-state index contributed by atoms with van der Waals surface area (Å²) in [5, 5.41) is 10.9. The van der Waals surface area contributed by atoms with E-state index in [9.17, 15) is 9.59 Å². The normalized spacial score (nSPS) is 9.00. The van der Waals surface area contributed by atoms with Crippen LogP contribution in [0.15, 0.2) is 24.3 Å². The molecule has 1 aromatic carbocycles. The molecule has 88 valence electrons. The topological polar surface area (TPSA) is 92.4 Å². The number of nitrogen functional groups attached to an aromatic ring is 1. The number of rotatable bonds is 4. The van der Waals surface area contributed by atoms with Crippen molar-refractivity contribution in [3.63, 3.8) is 0 Å². The number of hydrogen-bond donors (Lipinski definition) is 3. The zero-order valence-electron chi connectivity index (χ0n) is 8.47. The molecule has 16 heavy (non-hydrogen) atoms. The molecule has 0 aromatic heterocycles. The van der Waals surface area contributed by atoms with E-state index in [0.29, 0.717) is 11.3 Å². The first-order valence-electron chi connectivity index (χ1n) is 4.45. The Morgan fingerprint density at radius 1 is 1.25 bits per heavy atom. The van der Waals surface area contributed by atoms with Gasteiger partial charge in [-0.05, 0) is 24.3 Å². The molecule has 0 aliphatic carbocycles. The van der Waals surface area contributed by atoms with Crippen molar-refractivity contribution < 1.29 is 14.7 Å². The Morgan fingerprint density at radius 2 is 1.81 bits per heavy atom. The molecule has 0 bridgehead atoms. The van der Waals surface area contributed by atoms with Crippen LogP contribution in [0.1, 0.15) is 16.8 Å². The van der Waals surface area contributed by atoms with Crippen molar-refractivity contribution in [2.24, 2.45) is 0 Å². The molecule has 0 aliphatic rings. The summed E-state index contributed by atoms with van der Waals surface area (Å²) in [7, 11) is 0. The van der Waals surface area contributed by atoms with Crippen LogP contribution in [0.5, 0.6) is 0 Å². The van der Waals surface area contributed by atoms with Gasteiger partial charge in [0.25, 0.3) is 5.91 Å². The number of amides is 1. The number of carbonyl (C=O) groups excluding carboxylic acids is 1. The predicted molar refractivity (Wildman–Crippen MR) is 62.7 cm³/mol. The van der Waals surface area contributed by atoms with Crippen molar-refractivity contribution in [3.05, 3.63) is 29.8 Å². The highest BCUT2D eigenvalue weighted by molar-refractivity contribution is 5.94. The van der Waals surface area contributed by atoms with Gasteiger partial charge in [0.15, 0.2) is 0 Å². The van der Waals surface area contributed by atoms with Crippen LogP contribution in [0.3, 0.4) is 0 Å². The lowest BCUT2D eigenvalue weighted by Crippen LogP contribution is -2.25. The summed E-state index contributed by atoms with van der Waals surface area (Å²) in [4.78, 5) is 21.6. The maximum absolute atomic E-state index is 11.4. The average Bonchev–Trinajstić information content (AvgIpc) is 2.18. The van der Waals surface area contributed by atoms with Gasteiger partial charge >= 0.3 is 5.97 Å². The van der Waals surface area contributed by atoms with Gasteiger partial charge in [-0.25, -0.2) is 0 Å². The van der Waals surface area contributed by atoms with Crippen molar-refractivity contribution in [1.82, 2.24) is 5.32 Å². The monoisotopic (exact) mass is 244 g/mol. The summed E-state index contributed by atoms with van der Waals surface area (Å²) in [6.45, 7) is 0.124. The van der Waals surface area contributed by atoms with Crippen molar-refractivity contribution >= 4 is 30.0 Å². The van der Waals surface area contributed by atoms with E-state index in [1.165, 1.54) is 0 Å². The SMILES string of the molecule is Cl.Nc1ccc(C(=O)NCCC(=O)O)cc1. The van der Waals surface area contributed by atoms with E-state index in [1.54, 1.807) is 24.3 Å². The second kappa shape index (κ2) is 6.68. The van der Waals surface area contributed by atoms with Crippen LogP contribution in [0, 0.1) is 0 Å². The van der Waals surface area contributed by atoms with Gasteiger partial charge in [-0.3, -0.25) is 9.59 Å². The third-order valence-corrected chi connectivity index (χ3v) is 1.80. The minimum atomic E-state index is -0.937. The average molecular weight is 245 g/mol. The van der Waals surface area contributed by atoms with Crippen LogP contribution in [0.25, 0.3) is 0 Å². The van der Waals surface area contributed by atoms with Gasteiger partial charge in [-0.2, -0.15) is 0 Å². The Bertz CT molecular complexity index is 365. The van der Waals surface area contributed by atoms with E-state index in [0.717, 1.165) is 0 Å². The molecule has 6 heteroatoms. The number of halogens is 1. The maximum Gasteiger partial charge on any atom is 0.305 e. The lowest BCUT2D eigenvalue weighted by molar-refractivity contribution is -0.136. The van der Waals surface area contributed by atoms with Gasteiger partial charge in [0.1, 0.15) is 0 Å². The molecule has 0 aliphatic heterocycles. The summed E-state index contributed by atoms with van der Waals surface area (Å²) in [6, 6.07) is 6.41. The number of hydrogen-bond acceptors (Lipinski definition) is 3. The smallest absolute Gasteiger partial charge is 0.305 e. The number of aliphatic carboxylic acids is 1. The summed E-state index contributed by atoms with van der Waals surface area (Å²) < 4.78 is 0. The molecule has 4 N–H and O–H groups in total. The second-order valence-electron chi connectivity index (χ2n) is 3.02. The largest absolute Gasteiger partial charge is 0.481 e. The van der Waals surface area contributed by atoms with E-state index in [2.05, 4.69) is 5.32 Å². The van der Waals surface area contributed by atoms with Gasteiger partial charge < -0.3 is 16.2 Å². The molecule has 5 nitrogen and oxygen atoms in total. The number of anilines is 1. The molecule has 1 amide bonds. The molecule has 0 saturated heterocycles. The number of nitrogens with one attached hydrogen (secondary N) is 1. The van der Waals surface area contributed by atoms with Crippen LogP contribution in [0.4, 0.5) is 5.69 Å². The molecule has 0 radical (unpaired) electrons. The van der Waals surface area contributed by atoms with Crippen LogP contribution in [-0.4, -0.2) is 23.5 Å². The zero-order chi connectivity index (χ0) is 11.3. The third-order valence-electron chi connectivity index (χ3n) is 1.80. The highest BCUT2D eigenvalue weighted by atomic mass is 35.5. The lowest BCUT2D eigenvalue weighted by Gasteiger charge is -2.03. The molecule has 0 fully saturated rings. The standard InChI is InChI=1S/C10H12N2O3.ClH/c11-8-3-1-7(2-4-8)10(15)12-6-5-9(13)14;/h1-4H,5-6,11H2,(H,12,15)(H,13,14);1H. The van der Waals surface area contributed by atoms with E-state index in [1.807, 2.05) is 0 Å². The van der Waals surface area contributed by atoms with Crippen molar-refractivity contribution in [2.45, 2.75) is 6.42 Å². The number of benzene rings is 1. The van der Waals surface area contributed by atoms with Crippen LogP contribution in [0.2, 0.25) is 0 Å². The van der Waals surface area contributed by atoms with Gasteiger partial charge in [0, 0.05) is 17.8 Å². The number of carboxylic acid groups (broad SMARTS) is 1. The Balaban J connectivity index is 0.00000225. The number of nitrogens with two attached hydrogens (primary N) is 1. The minimum Gasteiger partial charge on any atom is -0.481 e. The Hall–Kier alpha value is -1.75. The Kier molecular flexibility index (Phi) is 5.95. The van der Waals surface area contributed by atoms with E-state index in [4.69, 9.17) is 10.8 Å². The molecule has 0 saturated carbocycles. The highest BCUT2D eigenvalue weighted by Crippen LogP contribution is 2.04. The molecule has 0 atom stereocenters. The van der Waals surface area contributed by atoms with Crippen molar-refractivity contribution in [1.29, 1.82) is 0 Å². The highest BCUT2D eigenvalue weighted by Gasteiger charge is 2.04.